The van der Waals surface area contributed by atoms with Crippen molar-refractivity contribution in [2.24, 2.45) is 5.92 Å². The van der Waals surface area contributed by atoms with E-state index in [1.165, 1.54) is 31.4 Å². The number of rotatable bonds is 5. The second kappa shape index (κ2) is 7.36. The lowest BCUT2D eigenvalue weighted by atomic mass is 9.99. The van der Waals surface area contributed by atoms with Crippen LogP contribution in [0.5, 0.6) is 0 Å². The molecule has 2 aromatic rings. The molecule has 1 saturated heterocycles. The molecule has 1 aliphatic heterocycles. The summed E-state index contributed by atoms with van der Waals surface area (Å²) in [6.07, 6.45) is 6.54. The summed E-state index contributed by atoms with van der Waals surface area (Å²) < 4.78 is 0. The third-order valence-corrected chi connectivity index (χ3v) is 5.23. The van der Waals surface area contributed by atoms with Crippen molar-refractivity contribution in [3.05, 3.63) is 48.2 Å². The molecule has 5 nitrogen and oxygen atoms in total. The highest BCUT2D eigenvalue weighted by atomic mass is 16.1. The van der Waals surface area contributed by atoms with Crippen molar-refractivity contribution in [1.82, 2.24) is 4.98 Å². The van der Waals surface area contributed by atoms with Crippen molar-refractivity contribution in [2.45, 2.75) is 38.6 Å². The van der Waals surface area contributed by atoms with Gasteiger partial charge in [0.25, 0.3) is 5.91 Å². The molecule has 1 aliphatic carbocycles. The SMILES string of the molecule is CC1CCN(c2ccc(NC(=O)c3ccnc(NC4CC4)c3)cc2)CC1. The van der Waals surface area contributed by atoms with E-state index in [9.17, 15) is 4.79 Å². The summed E-state index contributed by atoms with van der Waals surface area (Å²) in [6.45, 7) is 4.54. The summed E-state index contributed by atoms with van der Waals surface area (Å²) >= 11 is 0. The van der Waals surface area contributed by atoms with E-state index in [1.807, 2.05) is 18.2 Å². The Bertz CT molecular complexity index is 762. The van der Waals surface area contributed by atoms with Gasteiger partial charge in [-0.25, -0.2) is 4.98 Å². The smallest absolute Gasteiger partial charge is 0.255 e. The van der Waals surface area contributed by atoms with E-state index in [0.717, 1.165) is 30.5 Å². The number of nitrogens with zero attached hydrogens (tertiary/aromatic N) is 2. The molecule has 0 unspecified atom stereocenters. The summed E-state index contributed by atoms with van der Waals surface area (Å²) in [5, 5.41) is 6.30. The maximum Gasteiger partial charge on any atom is 0.255 e. The van der Waals surface area contributed by atoms with Crippen LogP contribution in [0, 0.1) is 5.92 Å². The van der Waals surface area contributed by atoms with E-state index in [2.05, 4.69) is 39.6 Å². The predicted molar refractivity (Wildman–Crippen MR) is 106 cm³/mol. The number of carbonyl (C=O) groups is 1. The molecule has 0 radical (unpaired) electrons. The first-order valence-electron chi connectivity index (χ1n) is 9.56. The largest absolute Gasteiger partial charge is 0.372 e. The van der Waals surface area contributed by atoms with Crippen LogP contribution >= 0.6 is 0 Å². The summed E-state index contributed by atoms with van der Waals surface area (Å²) in [6, 6.07) is 12.2. The molecule has 1 amide bonds. The lowest BCUT2D eigenvalue weighted by Gasteiger charge is -2.32. The van der Waals surface area contributed by atoms with Gasteiger partial charge in [0.05, 0.1) is 0 Å². The normalized spacial score (nSPS) is 17.8. The number of carbonyl (C=O) groups excluding carboxylic acids is 1. The number of pyridine rings is 1. The molecule has 2 fully saturated rings. The highest BCUT2D eigenvalue weighted by Crippen LogP contribution is 2.25. The Morgan fingerprint density at radius 3 is 2.50 bits per heavy atom. The van der Waals surface area contributed by atoms with Crippen molar-refractivity contribution in [2.75, 3.05) is 28.6 Å². The molecule has 0 bridgehead atoms. The van der Waals surface area contributed by atoms with Gasteiger partial charge in [-0.15, -0.1) is 0 Å². The van der Waals surface area contributed by atoms with Gasteiger partial charge >= 0.3 is 0 Å². The Morgan fingerprint density at radius 1 is 1.08 bits per heavy atom. The number of piperidine rings is 1. The zero-order valence-electron chi connectivity index (χ0n) is 15.2. The van der Waals surface area contributed by atoms with E-state index in [0.29, 0.717) is 11.6 Å². The Morgan fingerprint density at radius 2 is 1.81 bits per heavy atom. The van der Waals surface area contributed by atoms with Crippen LogP contribution in [-0.2, 0) is 0 Å². The number of nitrogens with one attached hydrogen (secondary N) is 2. The fourth-order valence-electron chi connectivity index (χ4n) is 3.31. The van der Waals surface area contributed by atoms with E-state index < -0.39 is 0 Å². The first-order chi connectivity index (χ1) is 12.7. The topological polar surface area (TPSA) is 57.3 Å². The molecule has 5 heteroatoms. The number of amides is 1. The van der Waals surface area contributed by atoms with Gasteiger partial charge in [0.1, 0.15) is 5.82 Å². The van der Waals surface area contributed by atoms with Crippen molar-refractivity contribution < 1.29 is 4.79 Å². The summed E-state index contributed by atoms with van der Waals surface area (Å²) in [5.41, 5.74) is 2.67. The lowest BCUT2D eigenvalue weighted by Crippen LogP contribution is -2.32. The van der Waals surface area contributed by atoms with Gasteiger partial charge in [-0.1, -0.05) is 6.92 Å². The number of benzene rings is 1. The van der Waals surface area contributed by atoms with Gasteiger partial charge in [-0.2, -0.15) is 0 Å². The average molecular weight is 350 g/mol. The van der Waals surface area contributed by atoms with Crippen LogP contribution in [0.15, 0.2) is 42.6 Å². The van der Waals surface area contributed by atoms with Gasteiger partial charge in [-0.05, 0) is 68.0 Å². The molecule has 2 N–H and O–H groups in total. The van der Waals surface area contributed by atoms with Gasteiger partial charge < -0.3 is 15.5 Å². The van der Waals surface area contributed by atoms with Crippen LogP contribution in [0.2, 0.25) is 0 Å². The average Bonchev–Trinajstić information content (AvgIpc) is 3.47. The fraction of sp³-hybridized carbons (Fsp3) is 0.429. The van der Waals surface area contributed by atoms with E-state index in [1.54, 1.807) is 12.3 Å². The number of hydrogen-bond acceptors (Lipinski definition) is 4. The van der Waals surface area contributed by atoms with Crippen LogP contribution in [0.25, 0.3) is 0 Å². The minimum absolute atomic E-state index is 0.106. The predicted octanol–water partition coefficient (Wildman–Crippen LogP) is 4.14. The standard InChI is InChI=1S/C21H26N4O/c1-15-9-12-25(13-10-15)19-6-4-18(5-7-19)24-21(26)16-8-11-22-20(14-16)23-17-2-3-17/h4-8,11,14-15,17H,2-3,9-10,12-13H2,1H3,(H,22,23)(H,24,26). The van der Waals surface area contributed by atoms with Crippen molar-refractivity contribution in [3.8, 4) is 0 Å². The van der Waals surface area contributed by atoms with E-state index in [4.69, 9.17) is 0 Å². The van der Waals surface area contributed by atoms with Crippen LogP contribution in [-0.4, -0.2) is 30.0 Å². The molecule has 2 heterocycles. The number of aromatic nitrogens is 1. The molecule has 26 heavy (non-hydrogen) atoms. The van der Waals surface area contributed by atoms with Gasteiger partial charge in [-0.3, -0.25) is 4.79 Å². The van der Waals surface area contributed by atoms with Gasteiger partial charge in [0, 0.05) is 42.3 Å². The summed E-state index contributed by atoms with van der Waals surface area (Å²) in [7, 11) is 0. The molecular weight excluding hydrogens is 324 g/mol. The highest BCUT2D eigenvalue weighted by molar-refractivity contribution is 6.04. The van der Waals surface area contributed by atoms with E-state index >= 15 is 0 Å². The monoisotopic (exact) mass is 350 g/mol. The second-order valence-electron chi connectivity index (χ2n) is 7.52. The quantitative estimate of drug-likeness (QED) is 0.851. The van der Waals surface area contributed by atoms with Crippen molar-refractivity contribution in [3.63, 3.8) is 0 Å². The third-order valence-electron chi connectivity index (χ3n) is 5.23. The maximum absolute atomic E-state index is 12.5. The molecular formula is C21H26N4O. The molecule has 2 aliphatic rings. The van der Waals surface area contributed by atoms with Crippen LogP contribution in [0.1, 0.15) is 43.0 Å². The third kappa shape index (κ3) is 4.15. The lowest BCUT2D eigenvalue weighted by molar-refractivity contribution is 0.102. The number of anilines is 3. The van der Waals surface area contributed by atoms with Crippen molar-refractivity contribution in [1.29, 1.82) is 0 Å². The molecule has 1 aromatic carbocycles. The zero-order valence-corrected chi connectivity index (χ0v) is 15.2. The van der Waals surface area contributed by atoms with Crippen LogP contribution in [0.4, 0.5) is 17.2 Å². The second-order valence-corrected chi connectivity index (χ2v) is 7.52. The molecule has 0 atom stereocenters. The maximum atomic E-state index is 12.5. The Kier molecular flexibility index (Phi) is 4.78. The van der Waals surface area contributed by atoms with E-state index in [-0.39, 0.29) is 5.91 Å². The van der Waals surface area contributed by atoms with Crippen LogP contribution < -0.4 is 15.5 Å². The first kappa shape index (κ1) is 16.9. The Balaban J connectivity index is 1.38. The first-order valence-corrected chi connectivity index (χ1v) is 9.56. The van der Waals surface area contributed by atoms with Gasteiger partial charge in [0.2, 0.25) is 0 Å². The molecule has 0 spiro atoms. The molecule has 1 aromatic heterocycles. The van der Waals surface area contributed by atoms with Crippen molar-refractivity contribution >= 4 is 23.1 Å². The zero-order chi connectivity index (χ0) is 17.9. The summed E-state index contributed by atoms with van der Waals surface area (Å²) in [4.78, 5) is 19.2. The molecule has 136 valence electrons. The Hall–Kier alpha value is -2.56. The summed E-state index contributed by atoms with van der Waals surface area (Å²) in [5.74, 6) is 1.49. The molecule has 1 saturated carbocycles. The minimum atomic E-state index is -0.106. The van der Waals surface area contributed by atoms with Crippen LogP contribution in [0.3, 0.4) is 0 Å². The highest BCUT2D eigenvalue weighted by Gasteiger charge is 2.21. The molecule has 4 rings (SSSR count). The van der Waals surface area contributed by atoms with Gasteiger partial charge in [0.15, 0.2) is 0 Å². The Labute approximate surface area is 154 Å². The number of hydrogen-bond donors (Lipinski definition) is 2. The fourth-order valence-corrected chi connectivity index (χ4v) is 3.31. The minimum Gasteiger partial charge on any atom is -0.372 e.